The summed E-state index contributed by atoms with van der Waals surface area (Å²) in [4.78, 5) is 19.2. The maximum atomic E-state index is 12.5. The second-order valence-corrected chi connectivity index (χ2v) is 7.97. The number of hydrogen-bond donors (Lipinski definition) is 1. The molecule has 128 valence electrons. The minimum absolute atomic E-state index is 0.375. The Balaban J connectivity index is 1.41. The van der Waals surface area contributed by atoms with E-state index in [2.05, 4.69) is 27.5 Å². The molecule has 1 unspecified atom stereocenters. The number of amides is 1. The molecule has 2 fully saturated rings. The summed E-state index contributed by atoms with van der Waals surface area (Å²) in [7, 11) is 0. The number of aromatic nitrogens is 1. The molecule has 0 spiro atoms. The number of aryl methyl sites for hydroxylation is 1. The molecule has 1 N–H and O–H groups in total. The lowest BCUT2D eigenvalue weighted by Gasteiger charge is -2.33. The highest BCUT2D eigenvalue weighted by Gasteiger charge is 2.26. The normalized spacial score (nSPS) is 23.2. The highest BCUT2D eigenvalue weighted by Crippen LogP contribution is 2.25. The Kier molecular flexibility index (Phi) is 6.06. The van der Waals surface area contributed by atoms with Crippen LogP contribution < -0.4 is 5.32 Å². The number of piperidine rings is 2. The standard InChI is InChI=1S/C18H29N3OS/c1-2-16-13-23-17(20-16)10-14-5-8-21(9-6-14)18(22)11-15-4-3-7-19-12-15/h13-15,19H,2-12H2,1H3. The van der Waals surface area contributed by atoms with Crippen molar-refractivity contribution in [1.29, 1.82) is 0 Å². The number of hydrogen-bond acceptors (Lipinski definition) is 4. The topological polar surface area (TPSA) is 45.2 Å². The van der Waals surface area contributed by atoms with Crippen molar-refractivity contribution in [3.05, 3.63) is 16.1 Å². The van der Waals surface area contributed by atoms with Crippen LogP contribution in [0.2, 0.25) is 0 Å². The minimum atomic E-state index is 0.375. The third kappa shape index (κ3) is 4.77. The lowest BCUT2D eigenvalue weighted by molar-refractivity contribution is -0.133. The van der Waals surface area contributed by atoms with Gasteiger partial charge < -0.3 is 10.2 Å². The maximum absolute atomic E-state index is 12.5. The van der Waals surface area contributed by atoms with Crippen LogP contribution in [-0.4, -0.2) is 42.0 Å². The van der Waals surface area contributed by atoms with Crippen LogP contribution in [0, 0.1) is 11.8 Å². The smallest absolute Gasteiger partial charge is 0.222 e. The predicted molar refractivity (Wildman–Crippen MR) is 94.7 cm³/mol. The van der Waals surface area contributed by atoms with Gasteiger partial charge in [0.2, 0.25) is 5.91 Å². The highest BCUT2D eigenvalue weighted by molar-refractivity contribution is 7.09. The molecular formula is C18H29N3OS. The van der Waals surface area contributed by atoms with Crippen molar-refractivity contribution in [2.75, 3.05) is 26.2 Å². The van der Waals surface area contributed by atoms with Gasteiger partial charge in [0.05, 0.1) is 10.7 Å². The zero-order valence-corrected chi connectivity index (χ0v) is 15.0. The van der Waals surface area contributed by atoms with Gasteiger partial charge in [-0.15, -0.1) is 11.3 Å². The Morgan fingerprint density at radius 3 is 2.83 bits per heavy atom. The van der Waals surface area contributed by atoms with Crippen LogP contribution in [0.1, 0.15) is 49.7 Å². The van der Waals surface area contributed by atoms with Crippen molar-refractivity contribution in [2.24, 2.45) is 11.8 Å². The number of rotatable bonds is 5. The van der Waals surface area contributed by atoms with Crippen molar-refractivity contribution in [3.8, 4) is 0 Å². The van der Waals surface area contributed by atoms with Gasteiger partial charge in [0.1, 0.15) is 0 Å². The van der Waals surface area contributed by atoms with Gasteiger partial charge in [-0.1, -0.05) is 6.92 Å². The van der Waals surface area contributed by atoms with E-state index in [4.69, 9.17) is 0 Å². The fraction of sp³-hybridized carbons (Fsp3) is 0.778. The fourth-order valence-corrected chi connectivity index (χ4v) is 4.71. The summed E-state index contributed by atoms with van der Waals surface area (Å²) >= 11 is 1.80. The van der Waals surface area contributed by atoms with E-state index in [9.17, 15) is 4.79 Å². The quantitative estimate of drug-likeness (QED) is 0.900. The molecule has 0 aromatic carbocycles. The first kappa shape index (κ1) is 16.9. The largest absolute Gasteiger partial charge is 0.343 e. The molecule has 0 bridgehead atoms. The Morgan fingerprint density at radius 2 is 2.17 bits per heavy atom. The number of thiazole rings is 1. The summed E-state index contributed by atoms with van der Waals surface area (Å²) in [6.07, 6.45) is 7.56. The van der Waals surface area contributed by atoms with E-state index in [1.165, 1.54) is 23.5 Å². The average molecular weight is 336 g/mol. The zero-order valence-electron chi connectivity index (χ0n) is 14.2. The summed E-state index contributed by atoms with van der Waals surface area (Å²) < 4.78 is 0. The average Bonchev–Trinajstić information content (AvgIpc) is 3.04. The van der Waals surface area contributed by atoms with Crippen molar-refractivity contribution in [1.82, 2.24) is 15.2 Å². The summed E-state index contributed by atoms with van der Waals surface area (Å²) in [6.45, 7) is 6.18. The summed E-state index contributed by atoms with van der Waals surface area (Å²) in [6, 6.07) is 0. The van der Waals surface area contributed by atoms with Gasteiger partial charge in [-0.25, -0.2) is 4.98 Å². The lowest BCUT2D eigenvalue weighted by atomic mass is 9.92. The molecule has 4 nitrogen and oxygen atoms in total. The molecule has 3 heterocycles. The maximum Gasteiger partial charge on any atom is 0.222 e. The zero-order chi connectivity index (χ0) is 16.1. The van der Waals surface area contributed by atoms with E-state index in [0.717, 1.165) is 58.3 Å². The molecule has 2 aliphatic rings. The van der Waals surface area contributed by atoms with Crippen molar-refractivity contribution in [2.45, 2.75) is 51.9 Å². The van der Waals surface area contributed by atoms with Crippen molar-refractivity contribution >= 4 is 17.2 Å². The number of carbonyl (C=O) groups is 1. The summed E-state index contributed by atoms with van der Waals surface area (Å²) in [5.74, 6) is 1.63. The molecule has 1 atom stereocenters. The first-order valence-electron chi connectivity index (χ1n) is 9.16. The molecule has 1 aromatic heterocycles. The summed E-state index contributed by atoms with van der Waals surface area (Å²) in [5, 5.41) is 6.87. The van der Waals surface area contributed by atoms with Gasteiger partial charge in [0.15, 0.2) is 0 Å². The van der Waals surface area contributed by atoms with E-state index in [1.54, 1.807) is 11.3 Å². The first-order chi connectivity index (χ1) is 11.2. The van der Waals surface area contributed by atoms with Crippen LogP contribution in [0.15, 0.2) is 5.38 Å². The highest BCUT2D eigenvalue weighted by atomic mass is 32.1. The fourth-order valence-electron chi connectivity index (χ4n) is 3.71. The second-order valence-electron chi connectivity index (χ2n) is 7.03. The Labute approximate surface area is 143 Å². The first-order valence-corrected chi connectivity index (χ1v) is 10.0. The molecule has 0 saturated carbocycles. The third-order valence-corrected chi connectivity index (χ3v) is 6.17. The Morgan fingerprint density at radius 1 is 1.35 bits per heavy atom. The molecule has 23 heavy (non-hydrogen) atoms. The van der Waals surface area contributed by atoms with Crippen LogP contribution in [0.5, 0.6) is 0 Å². The monoisotopic (exact) mass is 335 g/mol. The lowest BCUT2D eigenvalue weighted by Crippen LogP contribution is -2.41. The van der Waals surface area contributed by atoms with Gasteiger partial charge in [0, 0.05) is 31.3 Å². The van der Waals surface area contributed by atoms with Crippen LogP contribution in [0.4, 0.5) is 0 Å². The summed E-state index contributed by atoms with van der Waals surface area (Å²) in [5.41, 5.74) is 1.22. The predicted octanol–water partition coefficient (Wildman–Crippen LogP) is 2.88. The van der Waals surface area contributed by atoms with Crippen LogP contribution >= 0.6 is 11.3 Å². The molecule has 0 aliphatic carbocycles. The third-order valence-electron chi connectivity index (χ3n) is 5.25. The molecule has 5 heteroatoms. The van der Waals surface area contributed by atoms with Crippen molar-refractivity contribution in [3.63, 3.8) is 0 Å². The van der Waals surface area contributed by atoms with E-state index in [-0.39, 0.29) is 0 Å². The van der Waals surface area contributed by atoms with Gasteiger partial charge in [-0.2, -0.15) is 0 Å². The van der Waals surface area contributed by atoms with Crippen LogP contribution in [0.3, 0.4) is 0 Å². The molecule has 1 amide bonds. The van der Waals surface area contributed by atoms with Gasteiger partial charge >= 0.3 is 0 Å². The molecule has 0 radical (unpaired) electrons. The molecule has 2 saturated heterocycles. The Bertz CT molecular complexity index is 502. The van der Waals surface area contributed by atoms with Gasteiger partial charge in [0.25, 0.3) is 0 Å². The van der Waals surface area contributed by atoms with E-state index < -0.39 is 0 Å². The molecule has 2 aliphatic heterocycles. The Hall–Kier alpha value is -0.940. The number of nitrogens with one attached hydrogen (secondary N) is 1. The van der Waals surface area contributed by atoms with E-state index >= 15 is 0 Å². The number of likely N-dealkylation sites (tertiary alicyclic amines) is 1. The molecular weight excluding hydrogens is 306 g/mol. The van der Waals surface area contributed by atoms with Gasteiger partial charge in [-0.05, 0) is 57.0 Å². The van der Waals surface area contributed by atoms with Crippen LogP contribution in [-0.2, 0) is 17.6 Å². The molecule has 1 aromatic rings. The minimum Gasteiger partial charge on any atom is -0.343 e. The van der Waals surface area contributed by atoms with E-state index in [1.807, 2.05) is 0 Å². The molecule has 3 rings (SSSR count). The van der Waals surface area contributed by atoms with E-state index in [0.29, 0.717) is 17.7 Å². The van der Waals surface area contributed by atoms with Crippen LogP contribution in [0.25, 0.3) is 0 Å². The second kappa shape index (κ2) is 8.25. The number of nitrogens with zero attached hydrogens (tertiary/aromatic N) is 2. The van der Waals surface area contributed by atoms with Gasteiger partial charge in [-0.3, -0.25) is 4.79 Å². The number of carbonyl (C=O) groups excluding carboxylic acids is 1. The van der Waals surface area contributed by atoms with Crippen molar-refractivity contribution < 1.29 is 4.79 Å². The SMILES string of the molecule is CCc1csc(CC2CCN(C(=O)CC3CCCNC3)CC2)n1.